The molecule has 1 atom stereocenters. The second kappa shape index (κ2) is 6.50. The molecule has 1 aromatic rings. The number of morpholine rings is 1. The first-order valence-electron chi connectivity index (χ1n) is 6.09. The Morgan fingerprint density at radius 2 is 2.14 bits per heavy atom. The largest absolute Gasteiger partial charge is 0.481 e. The molecule has 0 spiro atoms. The fourth-order valence-electron chi connectivity index (χ4n) is 2.13. The summed E-state index contributed by atoms with van der Waals surface area (Å²) < 4.78 is 31.7. The van der Waals surface area contributed by atoms with Crippen molar-refractivity contribution >= 4 is 39.2 Å². The zero-order chi connectivity index (χ0) is 15.6. The molecule has 6 nitrogen and oxygen atoms in total. The van der Waals surface area contributed by atoms with Gasteiger partial charge in [0.1, 0.15) is 4.90 Å². The molecule has 1 saturated heterocycles. The lowest BCUT2D eigenvalue weighted by Gasteiger charge is -2.33. The molecule has 9 heteroatoms. The number of ether oxygens (including phenoxy) is 1. The monoisotopic (exact) mass is 353 g/mol. The van der Waals surface area contributed by atoms with E-state index in [-0.39, 0.29) is 41.1 Å². The van der Waals surface area contributed by atoms with E-state index >= 15 is 0 Å². The van der Waals surface area contributed by atoms with Crippen molar-refractivity contribution in [3.05, 3.63) is 28.2 Å². The molecular formula is C12H13Cl2NO5S. The van der Waals surface area contributed by atoms with E-state index in [2.05, 4.69) is 0 Å². The lowest BCUT2D eigenvalue weighted by atomic mass is 10.2. The minimum atomic E-state index is -3.94. The maximum absolute atomic E-state index is 12.7. The Morgan fingerprint density at radius 3 is 2.81 bits per heavy atom. The van der Waals surface area contributed by atoms with Crippen LogP contribution in [0.25, 0.3) is 0 Å². The number of halogens is 2. The van der Waals surface area contributed by atoms with Crippen molar-refractivity contribution < 1.29 is 23.1 Å². The van der Waals surface area contributed by atoms with Crippen LogP contribution in [0.4, 0.5) is 0 Å². The predicted octanol–water partition coefficient (Wildman–Crippen LogP) is 1.86. The molecule has 116 valence electrons. The third-order valence-electron chi connectivity index (χ3n) is 3.09. The van der Waals surface area contributed by atoms with Gasteiger partial charge in [0.25, 0.3) is 0 Å². The van der Waals surface area contributed by atoms with Gasteiger partial charge in [-0.3, -0.25) is 4.79 Å². The topological polar surface area (TPSA) is 83.9 Å². The van der Waals surface area contributed by atoms with Gasteiger partial charge in [0, 0.05) is 6.54 Å². The number of benzene rings is 1. The molecule has 0 bridgehead atoms. The zero-order valence-corrected chi connectivity index (χ0v) is 13.2. The fraction of sp³-hybridized carbons (Fsp3) is 0.417. The van der Waals surface area contributed by atoms with Crippen molar-refractivity contribution in [2.75, 3.05) is 19.8 Å². The fourth-order valence-corrected chi connectivity index (χ4v) is 4.46. The highest BCUT2D eigenvalue weighted by atomic mass is 35.5. The van der Waals surface area contributed by atoms with Crippen LogP contribution in [0.3, 0.4) is 0 Å². The van der Waals surface area contributed by atoms with E-state index in [4.69, 9.17) is 33.0 Å². The van der Waals surface area contributed by atoms with E-state index in [0.717, 1.165) is 4.31 Å². The molecule has 0 aromatic heterocycles. The molecule has 1 aliphatic heterocycles. The van der Waals surface area contributed by atoms with Gasteiger partial charge >= 0.3 is 5.97 Å². The van der Waals surface area contributed by atoms with Crippen LogP contribution in [0, 0.1) is 0 Å². The van der Waals surface area contributed by atoms with Gasteiger partial charge in [0.05, 0.1) is 35.7 Å². The van der Waals surface area contributed by atoms with Crippen molar-refractivity contribution in [2.24, 2.45) is 0 Å². The van der Waals surface area contributed by atoms with Gasteiger partial charge in [0.2, 0.25) is 10.0 Å². The van der Waals surface area contributed by atoms with E-state index in [1.54, 1.807) is 0 Å². The Hall–Kier alpha value is -0.860. The SMILES string of the molecule is O=C(O)CC1COCCN1S(=O)(=O)c1cccc(Cl)c1Cl. The summed E-state index contributed by atoms with van der Waals surface area (Å²) in [4.78, 5) is 10.7. The van der Waals surface area contributed by atoms with Crippen LogP contribution in [0.15, 0.2) is 23.1 Å². The Kier molecular flexibility index (Phi) is 5.11. The van der Waals surface area contributed by atoms with E-state index in [0.29, 0.717) is 0 Å². The molecule has 1 aliphatic rings. The second-order valence-electron chi connectivity index (χ2n) is 4.49. The number of nitrogens with zero attached hydrogens (tertiary/aromatic N) is 1. The van der Waals surface area contributed by atoms with Gasteiger partial charge in [-0.2, -0.15) is 4.31 Å². The Bertz CT molecular complexity index is 649. The molecule has 2 rings (SSSR count). The van der Waals surface area contributed by atoms with E-state index in [9.17, 15) is 13.2 Å². The Labute approximate surface area is 132 Å². The second-order valence-corrected chi connectivity index (χ2v) is 7.14. The third kappa shape index (κ3) is 3.49. The quantitative estimate of drug-likeness (QED) is 0.892. The first-order chi connectivity index (χ1) is 9.84. The molecule has 0 aliphatic carbocycles. The van der Waals surface area contributed by atoms with E-state index in [1.165, 1.54) is 18.2 Å². The van der Waals surface area contributed by atoms with Gasteiger partial charge in [-0.15, -0.1) is 0 Å². The molecule has 21 heavy (non-hydrogen) atoms. The lowest BCUT2D eigenvalue weighted by Crippen LogP contribution is -2.49. The van der Waals surface area contributed by atoms with Crippen molar-refractivity contribution in [3.63, 3.8) is 0 Å². The summed E-state index contributed by atoms with van der Waals surface area (Å²) in [5.41, 5.74) is 0. The lowest BCUT2D eigenvalue weighted by molar-refractivity contribution is -0.139. The summed E-state index contributed by atoms with van der Waals surface area (Å²) in [6, 6.07) is 3.54. The first-order valence-corrected chi connectivity index (χ1v) is 8.29. The van der Waals surface area contributed by atoms with Gasteiger partial charge in [0.15, 0.2) is 0 Å². The van der Waals surface area contributed by atoms with Crippen LogP contribution < -0.4 is 0 Å². The number of hydrogen-bond donors (Lipinski definition) is 1. The molecule has 0 amide bonds. The van der Waals surface area contributed by atoms with Crippen LogP contribution in [0.1, 0.15) is 6.42 Å². The maximum Gasteiger partial charge on any atom is 0.305 e. The number of aliphatic carboxylic acids is 1. The highest BCUT2D eigenvalue weighted by Gasteiger charge is 2.36. The Balaban J connectivity index is 2.40. The minimum Gasteiger partial charge on any atom is -0.481 e. The highest BCUT2D eigenvalue weighted by molar-refractivity contribution is 7.89. The Morgan fingerprint density at radius 1 is 1.43 bits per heavy atom. The van der Waals surface area contributed by atoms with Crippen LogP contribution in [0.5, 0.6) is 0 Å². The molecule has 0 radical (unpaired) electrons. The smallest absolute Gasteiger partial charge is 0.305 e. The van der Waals surface area contributed by atoms with Gasteiger partial charge < -0.3 is 9.84 Å². The number of carboxylic acids is 1. The normalized spacial score (nSPS) is 20.4. The zero-order valence-electron chi connectivity index (χ0n) is 10.8. The summed E-state index contributed by atoms with van der Waals surface area (Å²) in [5, 5.41) is 8.95. The maximum atomic E-state index is 12.7. The molecule has 0 saturated carbocycles. The summed E-state index contributed by atoms with van der Waals surface area (Å²) >= 11 is 11.8. The molecule has 1 aromatic carbocycles. The van der Waals surface area contributed by atoms with Crippen LogP contribution in [0.2, 0.25) is 10.0 Å². The summed E-state index contributed by atoms with van der Waals surface area (Å²) in [6.45, 7) is 0.306. The highest BCUT2D eigenvalue weighted by Crippen LogP contribution is 2.32. The summed E-state index contributed by atoms with van der Waals surface area (Å²) in [5.74, 6) is -1.09. The minimum absolute atomic E-state index is 0.0315. The van der Waals surface area contributed by atoms with Crippen LogP contribution in [-0.2, 0) is 19.6 Å². The molecule has 1 unspecified atom stereocenters. The molecular weight excluding hydrogens is 341 g/mol. The summed E-state index contributed by atoms with van der Waals surface area (Å²) in [7, 11) is -3.94. The average Bonchev–Trinajstić information content (AvgIpc) is 2.41. The van der Waals surface area contributed by atoms with E-state index in [1.807, 2.05) is 0 Å². The van der Waals surface area contributed by atoms with Gasteiger partial charge in [-0.1, -0.05) is 29.3 Å². The number of carboxylic acid groups (broad SMARTS) is 1. The third-order valence-corrected chi connectivity index (χ3v) is 6.01. The number of sulfonamides is 1. The average molecular weight is 354 g/mol. The van der Waals surface area contributed by atoms with Crippen molar-refractivity contribution in [1.82, 2.24) is 4.31 Å². The van der Waals surface area contributed by atoms with Crippen LogP contribution >= 0.6 is 23.2 Å². The molecule has 1 fully saturated rings. The number of carbonyl (C=O) groups is 1. The standard InChI is InChI=1S/C12H13Cl2NO5S/c13-9-2-1-3-10(12(9)14)21(18,19)15-4-5-20-7-8(15)6-11(16)17/h1-3,8H,4-7H2,(H,16,17). The van der Waals surface area contributed by atoms with Crippen LogP contribution in [-0.4, -0.2) is 49.6 Å². The summed E-state index contributed by atoms with van der Waals surface area (Å²) in [6.07, 6.45) is -0.336. The van der Waals surface area contributed by atoms with Gasteiger partial charge in [-0.05, 0) is 12.1 Å². The van der Waals surface area contributed by atoms with Crippen molar-refractivity contribution in [2.45, 2.75) is 17.4 Å². The van der Waals surface area contributed by atoms with Crippen molar-refractivity contribution in [1.29, 1.82) is 0 Å². The number of rotatable bonds is 4. The predicted molar refractivity (Wildman–Crippen MR) is 77.2 cm³/mol. The molecule has 1 heterocycles. The first kappa shape index (κ1) is 16.5. The van der Waals surface area contributed by atoms with Gasteiger partial charge in [-0.25, -0.2) is 8.42 Å². The van der Waals surface area contributed by atoms with Crippen molar-refractivity contribution in [3.8, 4) is 0 Å². The number of hydrogen-bond acceptors (Lipinski definition) is 4. The molecule has 1 N–H and O–H groups in total. The van der Waals surface area contributed by atoms with E-state index < -0.39 is 22.0 Å².